The minimum atomic E-state index is -4.74. The van der Waals surface area contributed by atoms with Gasteiger partial charge < -0.3 is 4.42 Å². The third kappa shape index (κ3) is 2.29. The van der Waals surface area contributed by atoms with Gasteiger partial charge in [0.25, 0.3) is 5.69 Å². The summed E-state index contributed by atoms with van der Waals surface area (Å²) in [4.78, 5) is 9.83. The number of non-ortho nitro benzene ring substituents is 1. The van der Waals surface area contributed by atoms with E-state index >= 15 is 0 Å². The van der Waals surface area contributed by atoms with Crippen molar-refractivity contribution in [2.75, 3.05) is 0 Å². The fourth-order valence-corrected chi connectivity index (χ4v) is 1.21. The van der Waals surface area contributed by atoms with Crippen LogP contribution in [-0.4, -0.2) is 15.1 Å². The Morgan fingerprint density at radius 1 is 1.28 bits per heavy atom. The third-order valence-corrected chi connectivity index (χ3v) is 1.97. The number of nitro benzene ring substituents is 1. The van der Waals surface area contributed by atoms with E-state index in [0.717, 1.165) is 6.07 Å². The molecule has 1 aromatic heterocycles. The van der Waals surface area contributed by atoms with Crippen LogP contribution in [0.3, 0.4) is 0 Å². The Bertz CT molecular complexity index is 594. The second-order valence-corrected chi connectivity index (χ2v) is 3.22. The number of halogens is 3. The Kier molecular flexibility index (Phi) is 2.73. The zero-order chi connectivity index (χ0) is 13.3. The number of alkyl halides is 3. The van der Waals surface area contributed by atoms with Gasteiger partial charge in [-0.2, -0.15) is 13.2 Å². The van der Waals surface area contributed by atoms with Crippen LogP contribution in [0.5, 0.6) is 0 Å². The number of nitro groups is 1. The van der Waals surface area contributed by atoms with Crippen molar-refractivity contribution in [1.82, 2.24) is 10.2 Å². The first kappa shape index (κ1) is 12.0. The van der Waals surface area contributed by atoms with E-state index in [2.05, 4.69) is 14.6 Å². The standard InChI is InChI=1S/C9H4F3N3O3/c10-9(11,12)8-14-13-7(18-8)5-2-1-3-6(4-5)15(16)17/h1-4H. The predicted molar refractivity (Wildman–Crippen MR) is 51.4 cm³/mol. The van der Waals surface area contributed by atoms with E-state index in [1.807, 2.05) is 0 Å². The maximum atomic E-state index is 12.2. The lowest BCUT2D eigenvalue weighted by Crippen LogP contribution is -2.04. The van der Waals surface area contributed by atoms with Crippen molar-refractivity contribution in [3.05, 3.63) is 40.3 Å². The molecule has 18 heavy (non-hydrogen) atoms. The van der Waals surface area contributed by atoms with Crippen molar-refractivity contribution >= 4 is 5.69 Å². The summed E-state index contributed by atoms with van der Waals surface area (Å²) in [7, 11) is 0. The Labute approximate surface area is 97.2 Å². The largest absolute Gasteiger partial charge is 0.470 e. The SMILES string of the molecule is O=[N+]([O-])c1cccc(-c2nnc(C(F)(F)F)o2)c1. The average molecular weight is 259 g/mol. The molecule has 0 N–H and O–H groups in total. The van der Waals surface area contributed by atoms with Crippen LogP contribution in [0, 0.1) is 10.1 Å². The molecule has 6 nitrogen and oxygen atoms in total. The molecule has 0 unspecified atom stereocenters. The van der Waals surface area contributed by atoms with Gasteiger partial charge in [0.05, 0.1) is 4.92 Å². The fourth-order valence-electron chi connectivity index (χ4n) is 1.21. The van der Waals surface area contributed by atoms with Crippen LogP contribution in [0.2, 0.25) is 0 Å². The molecule has 1 aromatic carbocycles. The first-order chi connectivity index (χ1) is 8.38. The van der Waals surface area contributed by atoms with Gasteiger partial charge in [0.15, 0.2) is 0 Å². The summed E-state index contributed by atoms with van der Waals surface area (Å²) in [6.07, 6.45) is -4.74. The van der Waals surface area contributed by atoms with E-state index in [1.54, 1.807) is 0 Å². The number of rotatable bonds is 2. The summed E-state index contributed by atoms with van der Waals surface area (Å²) in [5.41, 5.74) is -0.230. The van der Waals surface area contributed by atoms with Crippen LogP contribution in [0.25, 0.3) is 11.5 Å². The molecular weight excluding hydrogens is 255 g/mol. The van der Waals surface area contributed by atoms with Crippen molar-refractivity contribution < 1.29 is 22.5 Å². The molecule has 0 spiro atoms. The van der Waals surface area contributed by atoms with Crippen LogP contribution in [0.1, 0.15) is 5.89 Å². The highest BCUT2D eigenvalue weighted by Gasteiger charge is 2.38. The predicted octanol–water partition coefficient (Wildman–Crippen LogP) is 2.66. The zero-order valence-electron chi connectivity index (χ0n) is 8.51. The van der Waals surface area contributed by atoms with Crippen LogP contribution in [-0.2, 0) is 6.18 Å². The summed E-state index contributed by atoms with van der Waals surface area (Å²) < 4.78 is 41.1. The number of hydrogen-bond donors (Lipinski definition) is 0. The Balaban J connectivity index is 2.40. The lowest BCUT2D eigenvalue weighted by molar-refractivity contribution is -0.384. The van der Waals surface area contributed by atoms with Crippen molar-refractivity contribution in [1.29, 1.82) is 0 Å². The maximum Gasteiger partial charge on any atom is 0.470 e. The molecule has 0 saturated carbocycles. The molecule has 0 saturated heterocycles. The summed E-state index contributed by atoms with van der Waals surface area (Å²) in [5.74, 6) is -1.92. The first-order valence-corrected chi connectivity index (χ1v) is 4.53. The topological polar surface area (TPSA) is 82.1 Å². The summed E-state index contributed by atoms with van der Waals surface area (Å²) in [6, 6.07) is 4.89. The number of nitrogens with zero attached hydrogens (tertiary/aromatic N) is 3. The summed E-state index contributed by atoms with van der Waals surface area (Å²) in [6.45, 7) is 0. The summed E-state index contributed by atoms with van der Waals surface area (Å²) in [5, 5.41) is 16.5. The Morgan fingerprint density at radius 2 is 2.00 bits per heavy atom. The number of hydrogen-bond acceptors (Lipinski definition) is 5. The highest BCUT2D eigenvalue weighted by atomic mass is 19.4. The van der Waals surface area contributed by atoms with Crippen molar-refractivity contribution in [3.8, 4) is 11.5 Å². The highest BCUT2D eigenvalue weighted by molar-refractivity contribution is 5.57. The number of benzene rings is 1. The van der Waals surface area contributed by atoms with E-state index in [1.165, 1.54) is 18.2 Å². The normalized spacial score (nSPS) is 11.5. The fraction of sp³-hybridized carbons (Fsp3) is 0.111. The minimum Gasteiger partial charge on any atom is -0.413 e. The molecule has 0 radical (unpaired) electrons. The van der Waals surface area contributed by atoms with Gasteiger partial charge in [-0.1, -0.05) is 6.07 Å². The molecule has 0 amide bonds. The van der Waals surface area contributed by atoms with Crippen LogP contribution >= 0.6 is 0 Å². The minimum absolute atomic E-state index is 0.0483. The molecule has 9 heteroatoms. The van der Waals surface area contributed by atoms with Gasteiger partial charge in [0, 0.05) is 17.7 Å². The average Bonchev–Trinajstić information content (AvgIpc) is 2.78. The molecule has 0 atom stereocenters. The molecule has 1 heterocycles. The molecule has 0 aliphatic heterocycles. The van der Waals surface area contributed by atoms with Gasteiger partial charge in [-0.3, -0.25) is 10.1 Å². The molecular formula is C9H4F3N3O3. The first-order valence-electron chi connectivity index (χ1n) is 4.53. The molecule has 94 valence electrons. The highest BCUT2D eigenvalue weighted by Crippen LogP contribution is 2.30. The molecule has 0 aliphatic rings. The Hall–Kier alpha value is -2.45. The van der Waals surface area contributed by atoms with Gasteiger partial charge in [0.1, 0.15) is 0 Å². The van der Waals surface area contributed by atoms with Crippen molar-refractivity contribution in [2.24, 2.45) is 0 Å². The second kappa shape index (κ2) is 4.09. The van der Waals surface area contributed by atoms with E-state index in [4.69, 9.17) is 0 Å². The second-order valence-electron chi connectivity index (χ2n) is 3.22. The van der Waals surface area contributed by atoms with Crippen molar-refractivity contribution in [3.63, 3.8) is 0 Å². The zero-order valence-corrected chi connectivity index (χ0v) is 8.51. The molecule has 0 bridgehead atoms. The monoisotopic (exact) mass is 259 g/mol. The maximum absolute atomic E-state index is 12.2. The van der Waals surface area contributed by atoms with E-state index in [9.17, 15) is 23.3 Å². The van der Waals surface area contributed by atoms with E-state index < -0.39 is 22.9 Å². The molecule has 0 aliphatic carbocycles. The number of aromatic nitrogens is 2. The van der Waals surface area contributed by atoms with Gasteiger partial charge in [0.2, 0.25) is 5.89 Å². The quantitative estimate of drug-likeness (QED) is 0.611. The van der Waals surface area contributed by atoms with Gasteiger partial charge in [-0.05, 0) is 6.07 Å². The van der Waals surface area contributed by atoms with Gasteiger partial charge in [-0.15, -0.1) is 10.2 Å². The van der Waals surface area contributed by atoms with E-state index in [0.29, 0.717) is 0 Å². The van der Waals surface area contributed by atoms with Gasteiger partial charge in [-0.25, -0.2) is 0 Å². The Morgan fingerprint density at radius 3 is 2.56 bits per heavy atom. The molecule has 2 aromatic rings. The van der Waals surface area contributed by atoms with Crippen molar-refractivity contribution in [2.45, 2.75) is 6.18 Å². The summed E-state index contributed by atoms with van der Waals surface area (Å²) >= 11 is 0. The van der Waals surface area contributed by atoms with Crippen LogP contribution in [0.15, 0.2) is 28.7 Å². The van der Waals surface area contributed by atoms with Gasteiger partial charge >= 0.3 is 12.1 Å². The lowest BCUT2D eigenvalue weighted by Gasteiger charge is -1.98. The third-order valence-electron chi connectivity index (χ3n) is 1.97. The van der Waals surface area contributed by atoms with Crippen LogP contribution in [0.4, 0.5) is 18.9 Å². The lowest BCUT2D eigenvalue weighted by atomic mass is 10.2. The molecule has 0 fully saturated rings. The smallest absolute Gasteiger partial charge is 0.413 e. The van der Waals surface area contributed by atoms with E-state index in [-0.39, 0.29) is 11.3 Å². The van der Waals surface area contributed by atoms with Crippen LogP contribution < -0.4 is 0 Å². The molecule has 2 rings (SSSR count).